The number of hydrogen-bond acceptors (Lipinski definition) is 2. The minimum absolute atomic E-state index is 0.370. The van der Waals surface area contributed by atoms with E-state index >= 15 is 0 Å². The number of nitrogens with zero attached hydrogens (tertiary/aromatic N) is 1. The number of fused-ring (bicyclic) bond motifs is 1. The second-order valence-electron chi connectivity index (χ2n) is 3.62. The molecule has 13 heavy (non-hydrogen) atoms. The summed E-state index contributed by atoms with van der Waals surface area (Å²) in [6, 6.07) is 8.80. The van der Waals surface area contributed by atoms with Gasteiger partial charge in [0.1, 0.15) is 6.10 Å². The van der Waals surface area contributed by atoms with E-state index in [0.717, 1.165) is 13.0 Å². The second kappa shape index (κ2) is 2.67. The predicted octanol–water partition coefficient (Wildman–Crippen LogP) is 1.43. The first-order chi connectivity index (χ1) is 6.43. The number of rotatable bonds is 1. The fourth-order valence-electron chi connectivity index (χ4n) is 1.81. The molecule has 0 saturated carbocycles. The first-order valence-corrected chi connectivity index (χ1v) is 4.66. The summed E-state index contributed by atoms with van der Waals surface area (Å²) < 4.78 is 5.25. The van der Waals surface area contributed by atoms with Crippen LogP contribution < -0.4 is 0 Å². The molecule has 0 radical (unpaired) electrons. The van der Waals surface area contributed by atoms with Gasteiger partial charge in [-0.15, -0.1) is 0 Å². The third kappa shape index (κ3) is 1.27. The Labute approximate surface area is 77.3 Å². The van der Waals surface area contributed by atoms with Crippen LogP contribution in [0.4, 0.5) is 0 Å². The summed E-state index contributed by atoms with van der Waals surface area (Å²) in [4.78, 5) is 4.48. The molecule has 0 aromatic heterocycles. The normalized spacial score (nSPS) is 29.8. The molecule has 0 unspecified atom stereocenters. The average molecular weight is 173 g/mol. The Hall–Kier alpha value is -1.15. The van der Waals surface area contributed by atoms with Crippen molar-refractivity contribution in [2.24, 2.45) is 4.99 Å². The van der Waals surface area contributed by atoms with Gasteiger partial charge in [0.25, 0.3) is 0 Å². The van der Waals surface area contributed by atoms with Crippen LogP contribution in [0, 0.1) is 0 Å². The monoisotopic (exact) mass is 173 g/mol. The van der Waals surface area contributed by atoms with Crippen LogP contribution in [-0.4, -0.2) is 25.0 Å². The van der Waals surface area contributed by atoms with Crippen LogP contribution in [-0.2, 0) is 11.2 Å². The Balaban J connectivity index is 1.93. The molecule has 0 bridgehead atoms. The van der Waals surface area contributed by atoms with Crippen molar-refractivity contribution in [1.82, 2.24) is 0 Å². The molecule has 0 N–H and O–H groups in total. The molecule has 1 aromatic carbocycles. The lowest BCUT2D eigenvalue weighted by atomic mass is 9.97. The van der Waals surface area contributed by atoms with E-state index in [0.29, 0.717) is 12.1 Å². The molecule has 2 nitrogen and oxygen atoms in total. The molecule has 66 valence electrons. The van der Waals surface area contributed by atoms with E-state index in [-0.39, 0.29) is 0 Å². The van der Waals surface area contributed by atoms with Crippen LogP contribution >= 0.6 is 0 Å². The molecule has 2 atom stereocenters. The van der Waals surface area contributed by atoms with Gasteiger partial charge in [-0.25, -0.2) is 0 Å². The zero-order chi connectivity index (χ0) is 8.67. The third-order valence-electron chi connectivity index (χ3n) is 2.68. The van der Waals surface area contributed by atoms with E-state index < -0.39 is 0 Å². The lowest BCUT2D eigenvalue weighted by Crippen LogP contribution is -2.20. The molecular formula is C11H11NO. The molecule has 1 fully saturated rings. The van der Waals surface area contributed by atoms with E-state index in [1.807, 2.05) is 6.21 Å². The van der Waals surface area contributed by atoms with Crippen LogP contribution in [0.2, 0.25) is 0 Å². The number of epoxide rings is 1. The molecule has 2 heterocycles. The zero-order valence-electron chi connectivity index (χ0n) is 7.31. The summed E-state index contributed by atoms with van der Waals surface area (Å²) in [5.41, 5.74) is 2.66. The molecular weight excluding hydrogens is 162 g/mol. The number of ether oxygens (including phenoxy) is 1. The van der Waals surface area contributed by atoms with Gasteiger partial charge in [-0.2, -0.15) is 0 Å². The first-order valence-electron chi connectivity index (χ1n) is 4.66. The number of hydrogen-bond donors (Lipinski definition) is 0. The van der Waals surface area contributed by atoms with Gasteiger partial charge in [-0.1, -0.05) is 24.3 Å². The smallest absolute Gasteiger partial charge is 0.104 e. The first kappa shape index (κ1) is 7.27. The Morgan fingerprint density at radius 3 is 3.00 bits per heavy atom. The third-order valence-corrected chi connectivity index (χ3v) is 2.68. The summed E-state index contributed by atoms with van der Waals surface area (Å²) in [6.07, 6.45) is 3.41. The van der Waals surface area contributed by atoms with Gasteiger partial charge < -0.3 is 4.74 Å². The highest BCUT2D eigenvalue weighted by atomic mass is 16.6. The van der Waals surface area contributed by atoms with Crippen molar-refractivity contribution in [2.75, 3.05) is 6.61 Å². The van der Waals surface area contributed by atoms with Crippen LogP contribution in [0.5, 0.6) is 0 Å². The lowest BCUT2D eigenvalue weighted by molar-refractivity contribution is 0.372. The van der Waals surface area contributed by atoms with Crippen molar-refractivity contribution in [3.63, 3.8) is 0 Å². The molecule has 1 saturated heterocycles. The average Bonchev–Trinajstić information content (AvgIpc) is 3.00. The summed E-state index contributed by atoms with van der Waals surface area (Å²) in [5, 5.41) is 0. The van der Waals surface area contributed by atoms with E-state index in [1.54, 1.807) is 0 Å². The van der Waals surface area contributed by atoms with Gasteiger partial charge in [-0.05, 0) is 17.5 Å². The van der Waals surface area contributed by atoms with Crippen LogP contribution in [0.1, 0.15) is 11.1 Å². The van der Waals surface area contributed by atoms with Crippen LogP contribution in [0.15, 0.2) is 29.3 Å². The van der Waals surface area contributed by atoms with Gasteiger partial charge in [-0.3, -0.25) is 4.99 Å². The van der Waals surface area contributed by atoms with Crippen molar-refractivity contribution in [1.29, 1.82) is 0 Å². The highest BCUT2D eigenvalue weighted by Crippen LogP contribution is 2.24. The van der Waals surface area contributed by atoms with Crippen molar-refractivity contribution in [2.45, 2.75) is 18.6 Å². The molecule has 1 aromatic rings. The molecule has 0 spiro atoms. The maximum atomic E-state index is 5.25. The molecule has 2 heteroatoms. The fraction of sp³-hybridized carbons (Fsp3) is 0.364. The van der Waals surface area contributed by atoms with E-state index in [9.17, 15) is 0 Å². The summed E-state index contributed by atoms with van der Waals surface area (Å²) >= 11 is 0. The highest BCUT2D eigenvalue weighted by Gasteiger charge is 2.33. The maximum Gasteiger partial charge on any atom is 0.104 e. The molecule has 2 aliphatic rings. The zero-order valence-corrected chi connectivity index (χ0v) is 7.31. The Morgan fingerprint density at radius 2 is 2.15 bits per heavy atom. The minimum Gasteiger partial charge on any atom is -0.371 e. The summed E-state index contributed by atoms with van der Waals surface area (Å²) in [7, 11) is 0. The standard InChI is InChI=1S/C11H11NO/c1-2-4-9-6-12-10(11-7-13-11)5-8(9)3-1/h1-4,6,10-11H,5,7H2/t10-,11+/m0/s1. The van der Waals surface area contributed by atoms with E-state index in [1.165, 1.54) is 11.1 Å². The Morgan fingerprint density at radius 1 is 1.31 bits per heavy atom. The Kier molecular flexibility index (Phi) is 1.49. The second-order valence-corrected chi connectivity index (χ2v) is 3.62. The summed E-state index contributed by atoms with van der Waals surface area (Å²) in [5.74, 6) is 0. The van der Waals surface area contributed by atoms with Gasteiger partial charge in [0.2, 0.25) is 0 Å². The molecule has 0 amide bonds. The van der Waals surface area contributed by atoms with Crippen molar-refractivity contribution in [3.05, 3.63) is 35.4 Å². The van der Waals surface area contributed by atoms with Gasteiger partial charge in [0.05, 0.1) is 12.6 Å². The highest BCUT2D eigenvalue weighted by molar-refractivity contribution is 5.83. The van der Waals surface area contributed by atoms with Crippen molar-refractivity contribution >= 4 is 6.21 Å². The number of benzene rings is 1. The number of aliphatic imine (C=N–C) groups is 1. The molecule has 0 aliphatic carbocycles. The van der Waals surface area contributed by atoms with E-state index in [2.05, 4.69) is 29.3 Å². The van der Waals surface area contributed by atoms with Gasteiger partial charge in [0.15, 0.2) is 0 Å². The molecule has 3 rings (SSSR count). The molecule has 2 aliphatic heterocycles. The quantitative estimate of drug-likeness (QED) is 0.590. The van der Waals surface area contributed by atoms with E-state index in [4.69, 9.17) is 4.74 Å². The van der Waals surface area contributed by atoms with Crippen LogP contribution in [0.3, 0.4) is 0 Å². The predicted molar refractivity (Wildman–Crippen MR) is 51.3 cm³/mol. The maximum absolute atomic E-state index is 5.25. The largest absolute Gasteiger partial charge is 0.371 e. The lowest BCUT2D eigenvalue weighted by Gasteiger charge is -2.16. The Bertz CT molecular complexity index is 355. The van der Waals surface area contributed by atoms with Crippen LogP contribution in [0.25, 0.3) is 0 Å². The fourth-order valence-corrected chi connectivity index (χ4v) is 1.81. The van der Waals surface area contributed by atoms with Gasteiger partial charge >= 0.3 is 0 Å². The van der Waals surface area contributed by atoms with Crippen molar-refractivity contribution < 1.29 is 4.74 Å². The SMILES string of the molecule is C1=N[C@H]([C@H]2CO2)Cc2ccccc21. The summed E-state index contributed by atoms with van der Waals surface area (Å²) in [6.45, 7) is 0.893. The minimum atomic E-state index is 0.370. The van der Waals surface area contributed by atoms with Gasteiger partial charge in [0, 0.05) is 6.21 Å². The topological polar surface area (TPSA) is 24.9 Å². The van der Waals surface area contributed by atoms with Crippen molar-refractivity contribution in [3.8, 4) is 0 Å².